The molecule has 8 nitrogen and oxygen atoms in total. The van der Waals surface area contributed by atoms with E-state index in [9.17, 15) is 9.59 Å². The number of carbonyl (C=O) groups excluding carboxylic acids is 2. The summed E-state index contributed by atoms with van der Waals surface area (Å²) in [6, 6.07) is 1.04. The Bertz CT molecular complexity index is 695. The van der Waals surface area contributed by atoms with Gasteiger partial charge in [0.2, 0.25) is 5.82 Å². The lowest BCUT2D eigenvalue weighted by atomic mass is 10.0. The predicted molar refractivity (Wildman–Crippen MR) is 78.2 cm³/mol. The average molecular weight is 305 g/mol. The van der Waals surface area contributed by atoms with E-state index in [1.807, 2.05) is 20.8 Å². The van der Waals surface area contributed by atoms with E-state index in [0.29, 0.717) is 12.2 Å². The van der Waals surface area contributed by atoms with E-state index in [1.54, 1.807) is 12.3 Å². The summed E-state index contributed by atoms with van der Waals surface area (Å²) in [5.74, 6) is -0.480. The van der Waals surface area contributed by atoms with Crippen LogP contribution in [0.4, 0.5) is 0 Å². The van der Waals surface area contributed by atoms with Gasteiger partial charge in [-0.05, 0) is 25.3 Å². The normalized spacial score (nSPS) is 12.4. The topological polar surface area (TPSA) is 98.5 Å². The highest BCUT2D eigenvalue weighted by molar-refractivity contribution is 5.94. The molecule has 1 atom stereocenters. The molecule has 0 saturated heterocycles. The van der Waals surface area contributed by atoms with Gasteiger partial charge in [0.05, 0.1) is 7.11 Å². The van der Waals surface area contributed by atoms with Crippen molar-refractivity contribution in [2.24, 2.45) is 5.92 Å². The maximum Gasteiger partial charge on any atom is 0.328 e. The molecule has 8 heteroatoms. The fraction of sp³-hybridized carbons (Fsp3) is 0.500. The van der Waals surface area contributed by atoms with Gasteiger partial charge in [0.25, 0.3) is 11.7 Å². The quantitative estimate of drug-likeness (QED) is 0.818. The van der Waals surface area contributed by atoms with Crippen LogP contribution in [-0.4, -0.2) is 44.6 Å². The summed E-state index contributed by atoms with van der Waals surface area (Å²) in [6.07, 6.45) is 2.07. The molecule has 2 aromatic rings. The first-order chi connectivity index (χ1) is 10.4. The van der Waals surface area contributed by atoms with E-state index >= 15 is 0 Å². The van der Waals surface area contributed by atoms with E-state index in [1.165, 1.54) is 11.6 Å². The van der Waals surface area contributed by atoms with Crippen LogP contribution in [0.5, 0.6) is 0 Å². The van der Waals surface area contributed by atoms with E-state index in [0.717, 1.165) is 5.69 Å². The second-order valence-electron chi connectivity index (χ2n) is 5.41. The predicted octanol–water partition coefficient (Wildman–Crippen LogP) is 0.750. The summed E-state index contributed by atoms with van der Waals surface area (Å²) in [6.45, 7) is 5.75. The fourth-order valence-electron chi connectivity index (χ4n) is 2.05. The molecule has 22 heavy (non-hydrogen) atoms. The van der Waals surface area contributed by atoms with Gasteiger partial charge < -0.3 is 10.1 Å². The zero-order valence-electron chi connectivity index (χ0n) is 13.0. The van der Waals surface area contributed by atoms with Gasteiger partial charge in [0.1, 0.15) is 6.04 Å². The lowest BCUT2D eigenvalue weighted by molar-refractivity contribution is -0.143. The standard InChI is InChI=1S/C14H19N5O3/c1-8(2)7-10(13(21)22-4)16-12(20)11-17-14-15-6-5-9(3)19(14)18-11/h5-6,8,10H,7H2,1-4H3,(H,16,20). The highest BCUT2D eigenvalue weighted by Crippen LogP contribution is 2.08. The monoisotopic (exact) mass is 305 g/mol. The van der Waals surface area contributed by atoms with Gasteiger partial charge in [-0.3, -0.25) is 4.79 Å². The third-order valence-electron chi connectivity index (χ3n) is 3.13. The number of esters is 1. The summed E-state index contributed by atoms with van der Waals surface area (Å²) >= 11 is 0. The summed E-state index contributed by atoms with van der Waals surface area (Å²) in [5, 5.41) is 6.72. The number of rotatable bonds is 5. The second-order valence-corrected chi connectivity index (χ2v) is 5.41. The van der Waals surface area contributed by atoms with Crippen molar-refractivity contribution in [1.29, 1.82) is 0 Å². The number of amides is 1. The highest BCUT2D eigenvalue weighted by atomic mass is 16.5. The van der Waals surface area contributed by atoms with Crippen molar-refractivity contribution < 1.29 is 14.3 Å². The molecule has 118 valence electrons. The zero-order chi connectivity index (χ0) is 16.3. The van der Waals surface area contributed by atoms with Crippen LogP contribution in [0.3, 0.4) is 0 Å². The molecule has 0 saturated carbocycles. The van der Waals surface area contributed by atoms with Crippen molar-refractivity contribution in [1.82, 2.24) is 24.9 Å². The van der Waals surface area contributed by atoms with Crippen LogP contribution in [0.15, 0.2) is 12.3 Å². The van der Waals surface area contributed by atoms with Crippen molar-refractivity contribution in [2.45, 2.75) is 33.2 Å². The largest absolute Gasteiger partial charge is 0.467 e. The molecule has 0 aliphatic heterocycles. The lowest BCUT2D eigenvalue weighted by Crippen LogP contribution is -2.42. The molecule has 0 aliphatic rings. The Balaban J connectivity index is 2.21. The summed E-state index contributed by atoms with van der Waals surface area (Å²) in [7, 11) is 1.29. The minimum atomic E-state index is -0.724. The van der Waals surface area contributed by atoms with E-state index in [-0.39, 0.29) is 11.7 Å². The fourth-order valence-corrected chi connectivity index (χ4v) is 2.05. The van der Waals surface area contributed by atoms with Gasteiger partial charge in [-0.2, -0.15) is 4.98 Å². The van der Waals surface area contributed by atoms with Crippen LogP contribution in [0.25, 0.3) is 5.78 Å². The van der Waals surface area contributed by atoms with Crippen LogP contribution >= 0.6 is 0 Å². The number of nitrogens with zero attached hydrogens (tertiary/aromatic N) is 4. The van der Waals surface area contributed by atoms with Crippen LogP contribution in [0.2, 0.25) is 0 Å². The Morgan fingerprint density at radius 1 is 1.41 bits per heavy atom. The van der Waals surface area contributed by atoms with E-state index < -0.39 is 17.9 Å². The molecule has 1 unspecified atom stereocenters. The van der Waals surface area contributed by atoms with Crippen molar-refractivity contribution in [2.75, 3.05) is 7.11 Å². The van der Waals surface area contributed by atoms with Gasteiger partial charge in [-0.25, -0.2) is 14.3 Å². The molecule has 2 heterocycles. The Hall–Kier alpha value is -2.51. The molecule has 0 bridgehead atoms. The highest BCUT2D eigenvalue weighted by Gasteiger charge is 2.25. The van der Waals surface area contributed by atoms with Crippen molar-refractivity contribution in [3.63, 3.8) is 0 Å². The summed E-state index contributed by atoms with van der Waals surface area (Å²) < 4.78 is 6.19. The molecule has 1 N–H and O–H groups in total. The Labute approximate surface area is 127 Å². The second kappa shape index (κ2) is 6.50. The molecule has 0 radical (unpaired) electrons. The number of carbonyl (C=O) groups is 2. The molecule has 0 aromatic carbocycles. The maximum absolute atomic E-state index is 12.3. The molecular formula is C14H19N5O3. The first-order valence-electron chi connectivity index (χ1n) is 6.99. The van der Waals surface area contributed by atoms with Crippen molar-refractivity contribution >= 4 is 17.7 Å². The van der Waals surface area contributed by atoms with Crippen LogP contribution in [0.1, 0.15) is 36.6 Å². The molecule has 1 amide bonds. The first-order valence-corrected chi connectivity index (χ1v) is 6.99. The number of hydrogen-bond donors (Lipinski definition) is 1. The van der Waals surface area contributed by atoms with Gasteiger partial charge in [0.15, 0.2) is 0 Å². The number of ether oxygens (including phenoxy) is 1. The Kier molecular flexibility index (Phi) is 4.69. The molecule has 2 rings (SSSR count). The third-order valence-corrected chi connectivity index (χ3v) is 3.13. The number of fused-ring (bicyclic) bond motifs is 1. The SMILES string of the molecule is COC(=O)C(CC(C)C)NC(=O)c1nc2nccc(C)n2n1. The van der Waals surface area contributed by atoms with Gasteiger partial charge in [0, 0.05) is 11.9 Å². The molecule has 0 spiro atoms. The summed E-state index contributed by atoms with van der Waals surface area (Å²) in [5.41, 5.74) is 0.809. The Morgan fingerprint density at radius 3 is 2.73 bits per heavy atom. The van der Waals surface area contributed by atoms with Gasteiger partial charge >= 0.3 is 5.97 Å². The molecule has 0 fully saturated rings. The minimum Gasteiger partial charge on any atom is -0.467 e. The lowest BCUT2D eigenvalue weighted by Gasteiger charge is -2.17. The number of hydrogen-bond acceptors (Lipinski definition) is 6. The molecular weight excluding hydrogens is 286 g/mol. The molecule has 0 aliphatic carbocycles. The third kappa shape index (κ3) is 3.38. The van der Waals surface area contributed by atoms with Gasteiger partial charge in [-0.15, -0.1) is 5.10 Å². The smallest absolute Gasteiger partial charge is 0.328 e. The zero-order valence-corrected chi connectivity index (χ0v) is 13.0. The number of methoxy groups -OCH3 is 1. The van der Waals surface area contributed by atoms with E-state index in [4.69, 9.17) is 4.74 Å². The van der Waals surface area contributed by atoms with Crippen LogP contribution < -0.4 is 5.32 Å². The molecule has 2 aromatic heterocycles. The minimum absolute atomic E-state index is 0.0283. The van der Waals surface area contributed by atoms with Crippen LogP contribution in [0, 0.1) is 12.8 Å². The average Bonchev–Trinajstić information content (AvgIpc) is 2.91. The van der Waals surface area contributed by atoms with Crippen LogP contribution in [-0.2, 0) is 9.53 Å². The van der Waals surface area contributed by atoms with E-state index in [2.05, 4.69) is 20.4 Å². The summed E-state index contributed by atoms with van der Waals surface area (Å²) in [4.78, 5) is 32.1. The van der Waals surface area contributed by atoms with Crippen molar-refractivity contribution in [3.8, 4) is 0 Å². The first kappa shape index (κ1) is 15.9. The maximum atomic E-state index is 12.3. The van der Waals surface area contributed by atoms with Crippen molar-refractivity contribution in [3.05, 3.63) is 23.8 Å². The number of aryl methyl sites for hydroxylation is 1. The number of nitrogens with one attached hydrogen (secondary N) is 1. The Morgan fingerprint density at radius 2 is 2.14 bits per heavy atom. The van der Waals surface area contributed by atoms with Gasteiger partial charge in [-0.1, -0.05) is 13.8 Å². The number of aromatic nitrogens is 4.